The normalized spacial score (nSPS) is 16.7. The van der Waals surface area contributed by atoms with E-state index in [4.69, 9.17) is 0 Å². The number of hydrogen-bond acceptors (Lipinski definition) is 4. The molecule has 166 valence electrons. The van der Waals surface area contributed by atoms with Crippen LogP contribution in [0.5, 0.6) is 0 Å². The number of benzene rings is 2. The number of nitrogens with one attached hydrogen (secondary N) is 2. The lowest BCUT2D eigenvalue weighted by Crippen LogP contribution is -2.36. The van der Waals surface area contributed by atoms with Crippen LogP contribution in [0, 0.1) is 0 Å². The van der Waals surface area contributed by atoms with Crippen LogP contribution in [-0.4, -0.2) is 44.5 Å². The molecule has 0 saturated carbocycles. The van der Waals surface area contributed by atoms with Crippen LogP contribution in [-0.2, 0) is 16.0 Å². The van der Waals surface area contributed by atoms with E-state index in [1.54, 1.807) is 6.07 Å². The third kappa shape index (κ3) is 4.47. The van der Waals surface area contributed by atoms with E-state index in [1.807, 2.05) is 0 Å². The van der Waals surface area contributed by atoms with Crippen molar-refractivity contribution in [2.45, 2.75) is 34.9 Å². The largest absolute Gasteiger partial charge is 0.416 e. The molecule has 0 spiro atoms. The molecule has 1 saturated heterocycles. The fourth-order valence-corrected chi connectivity index (χ4v) is 5.58. The summed E-state index contributed by atoms with van der Waals surface area (Å²) in [7, 11) is -1.98. The molecule has 5 nitrogen and oxygen atoms in total. The van der Waals surface area contributed by atoms with E-state index in [-0.39, 0.29) is 21.2 Å². The van der Waals surface area contributed by atoms with Crippen molar-refractivity contribution in [3.05, 3.63) is 52.6 Å². The van der Waals surface area contributed by atoms with Crippen LogP contribution in [0.1, 0.15) is 18.4 Å². The first-order chi connectivity index (χ1) is 14.6. The Morgan fingerprint density at radius 1 is 1.13 bits per heavy atom. The lowest BCUT2D eigenvalue weighted by molar-refractivity contribution is -0.137. The molecule has 4 rings (SSSR count). The summed E-state index contributed by atoms with van der Waals surface area (Å²) in [5.74, 6) is 0. The molecule has 2 N–H and O–H groups in total. The number of H-pyrrole nitrogens is 1. The van der Waals surface area contributed by atoms with Gasteiger partial charge in [0.1, 0.15) is 0 Å². The summed E-state index contributed by atoms with van der Waals surface area (Å²) in [4.78, 5) is 4.84. The minimum atomic E-state index is -4.56. The molecule has 31 heavy (non-hydrogen) atoms. The minimum Gasteiger partial charge on any atom is -0.381 e. The standard InChI is InChI=1S/C21H21BrF3N3O2S/c1-28-8-6-14(7-9-28)27-19-11-15(3-4-17(19)22)31(29,30)20-12-26-18-5-2-13(10-16(18)20)21(23,24)25/h2-5,10-12,14,26-27H,6-9H2,1H3. The second kappa shape index (κ2) is 8.14. The van der Waals surface area contributed by atoms with E-state index in [9.17, 15) is 21.6 Å². The lowest BCUT2D eigenvalue weighted by Gasteiger charge is -2.30. The van der Waals surface area contributed by atoms with Gasteiger partial charge in [0.2, 0.25) is 9.84 Å². The number of aromatic amines is 1. The van der Waals surface area contributed by atoms with Gasteiger partial charge < -0.3 is 15.2 Å². The van der Waals surface area contributed by atoms with E-state index in [2.05, 4.69) is 38.2 Å². The Bertz CT molecular complexity index is 1220. The van der Waals surface area contributed by atoms with Crippen molar-refractivity contribution in [3.8, 4) is 0 Å². The Kier molecular flexibility index (Phi) is 5.82. The Labute approximate surface area is 186 Å². The van der Waals surface area contributed by atoms with Crippen molar-refractivity contribution in [1.82, 2.24) is 9.88 Å². The van der Waals surface area contributed by atoms with Crippen LogP contribution in [0.4, 0.5) is 18.9 Å². The molecular weight excluding hydrogens is 495 g/mol. The van der Waals surface area contributed by atoms with Gasteiger partial charge in [-0.3, -0.25) is 0 Å². The monoisotopic (exact) mass is 515 g/mol. The number of nitrogens with zero attached hydrogens (tertiary/aromatic N) is 1. The van der Waals surface area contributed by atoms with Crippen molar-refractivity contribution < 1.29 is 21.6 Å². The SMILES string of the molecule is CN1CCC(Nc2cc(S(=O)(=O)c3c[nH]c4ccc(C(F)(F)F)cc34)ccc2Br)CC1. The first-order valence-electron chi connectivity index (χ1n) is 9.74. The van der Waals surface area contributed by atoms with Gasteiger partial charge in [0, 0.05) is 33.3 Å². The number of fused-ring (bicyclic) bond motifs is 1. The molecule has 0 aliphatic carbocycles. The van der Waals surface area contributed by atoms with Crippen molar-refractivity contribution in [3.63, 3.8) is 0 Å². The molecule has 1 aliphatic heterocycles. The predicted octanol–water partition coefficient (Wildman–Crippen LogP) is 5.29. The van der Waals surface area contributed by atoms with Gasteiger partial charge in [0.25, 0.3) is 0 Å². The van der Waals surface area contributed by atoms with Crippen molar-refractivity contribution in [2.75, 3.05) is 25.5 Å². The molecule has 2 heterocycles. The van der Waals surface area contributed by atoms with E-state index in [1.165, 1.54) is 24.4 Å². The zero-order chi connectivity index (χ0) is 22.4. The highest BCUT2D eigenvalue weighted by Gasteiger charge is 2.32. The van der Waals surface area contributed by atoms with Gasteiger partial charge in [-0.1, -0.05) is 0 Å². The highest BCUT2D eigenvalue weighted by atomic mass is 79.9. The maximum atomic E-state index is 13.3. The second-order valence-corrected chi connectivity index (χ2v) is 10.6. The topological polar surface area (TPSA) is 65.2 Å². The van der Waals surface area contributed by atoms with E-state index < -0.39 is 21.6 Å². The third-order valence-corrected chi connectivity index (χ3v) is 8.07. The Morgan fingerprint density at radius 3 is 2.52 bits per heavy atom. The number of anilines is 1. The number of hydrogen-bond donors (Lipinski definition) is 2. The van der Waals surface area contributed by atoms with Gasteiger partial charge in [0.05, 0.1) is 15.4 Å². The molecule has 0 amide bonds. The van der Waals surface area contributed by atoms with Gasteiger partial charge in [-0.05, 0) is 85.3 Å². The summed E-state index contributed by atoms with van der Waals surface area (Å²) in [6.07, 6.45) is -1.45. The zero-order valence-electron chi connectivity index (χ0n) is 16.6. The summed E-state index contributed by atoms with van der Waals surface area (Å²) >= 11 is 3.46. The first-order valence-corrected chi connectivity index (χ1v) is 12.0. The van der Waals surface area contributed by atoms with Gasteiger partial charge in [-0.25, -0.2) is 8.42 Å². The Balaban J connectivity index is 1.71. The van der Waals surface area contributed by atoms with Gasteiger partial charge in [0.15, 0.2) is 0 Å². The molecule has 1 fully saturated rings. The van der Waals surface area contributed by atoms with Crippen LogP contribution < -0.4 is 5.32 Å². The molecule has 0 unspecified atom stereocenters. The van der Waals surface area contributed by atoms with Crippen LogP contribution in [0.15, 0.2) is 56.9 Å². The molecular formula is C21H21BrF3N3O2S. The van der Waals surface area contributed by atoms with Crippen LogP contribution in [0.25, 0.3) is 10.9 Å². The molecule has 1 aliphatic rings. The van der Waals surface area contributed by atoms with Crippen LogP contribution in [0.2, 0.25) is 0 Å². The Hall–Kier alpha value is -2.04. The second-order valence-electron chi connectivity index (χ2n) is 7.78. The van der Waals surface area contributed by atoms with Gasteiger partial charge >= 0.3 is 6.18 Å². The molecule has 1 aromatic heterocycles. The molecule has 0 atom stereocenters. The molecule has 10 heteroatoms. The van der Waals surface area contributed by atoms with E-state index in [0.29, 0.717) is 11.2 Å². The number of likely N-dealkylation sites (tertiary alicyclic amines) is 1. The fraction of sp³-hybridized carbons (Fsp3) is 0.333. The highest BCUT2D eigenvalue weighted by molar-refractivity contribution is 9.10. The smallest absolute Gasteiger partial charge is 0.381 e. The van der Waals surface area contributed by atoms with E-state index in [0.717, 1.165) is 42.5 Å². The first kappa shape index (κ1) is 22.2. The molecule has 3 aromatic rings. The summed E-state index contributed by atoms with van der Waals surface area (Å²) in [5, 5.41) is 3.42. The predicted molar refractivity (Wildman–Crippen MR) is 117 cm³/mol. The summed E-state index contributed by atoms with van der Waals surface area (Å²) in [6.45, 7) is 1.90. The van der Waals surface area contributed by atoms with E-state index >= 15 is 0 Å². The Morgan fingerprint density at radius 2 is 1.84 bits per heavy atom. The summed E-state index contributed by atoms with van der Waals surface area (Å²) in [5.41, 5.74) is 0.0799. The number of halogens is 4. The summed E-state index contributed by atoms with van der Waals surface area (Å²) < 4.78 is 66.8. The number of alkyl halides is 3. The minimum absolute atomic E-state index is 0.0163. The number of piperidine rings is 1. The third-order valence-electron chi connectivity index (χ3n) is 5.59. The van der Waals surface area contributed by atoms with Gasteiger partial charge in [-0.2, -0.15) is 13.2 Å². The van der Waals surface area contributed by atoms with Crippen molar-refractivity contribution in [1.29, 1.82) is 0 Å². The van der Waals surface area contributed by atoms with Crippen LogP contribution in [0.3, 0.4) is 0 Å². The van der Waals surface area contributed by atoms with Crippen molar-refractivity contribution >= 4 is 42.4 Å². The van der Waals surface area contributed by atoms with Crippen LogP contribution >= 0.6 is 15.9 Å². The summed E-state index contributed by atoms with van der Waals surface area (Å²) in [6, 6.07) is 7.88. The maximum absolute atomic E-state index is 13.3. The average molecular weight is 516 g/mol. The average Bonchev–Trinajstić information content (AvgIpc) is 3.14. The number of aromatic nitrogens is 1. The maximum Gasteiger partial charge on any atom is 0.416 e. The number of rotatable bonds is 4. The molecule has 0 radical (unpaired) electrons. The quantitative estimate of drug-likeness (QED) is 0.495. The van der Waals surface area contributed by atoms with Gasteiger partial charge in [-0.15, -0.1) is 0 Å². The lowest BCUT2D eigenvalue weighted by atomic mass is 10.1. The number of sulfone groups is 1. The molecule has 2 aromatic carbocycles. The fourth-order valence-electron chi connectivity index (χ4n) is 3.78. The van der Waals surface area contributed by atoms with Crippen molar-refractivity contribution in [2.24, 2.45) is 0 Å². The highest BCUT2D eigenvalue weighted by Crippen LogP contribution is 2.36. The zero-order valence-corrected chi connectivity index (χ0v) is 19.0. The molecule has 0 bridgehead atoms.